The molecule has 2 aromatic rings. The number of carbonyl (C=O) groups excluding carboxylic acids is 3. The van der Waals surface area contributed by atoms with Crippen LogP contribution in [0.4, 0.5) is 0 Å². The Morgan fingerprint density at radius 1 is 1.21 bits per heavy atom. The van der Waals surface area contributed by atoms with Crippen molar-refractivity contribution in [1.82, 2.24) is 4.90 Å². The fourth-order valence-electron chi connectivity index (χ4n) is 3.22. The van der Waals surface area contributed by atoms with Gasteiger partial charge in [-0.25, -0.2) is 0 Å². The van der Waals surface area contributed by atoms with Gasteiger partial charge in [0, 0.05) is 13.5 Å². The van der Waals surface area contributed by atoms with E-state index < -0.39 is 29.5 Å². The van der Waals surface area contributed by atoms with Crippen LogP contribution < -0.4 is 4.74 Å². The molecule has 0 saturated heterocycles. The molecule has 1 aliphatic rings. The fourth-order valence-corrected chi connectivity index (χ4v) is 3.22. The van der Waals surface area contributed by atoms with Crippen molar-refractivity contribution in [3.63, 3.8) is 0 Å². The Bertz CT molecular complexity index is 911. The van der Waals surface area contributed by atoms with E-state index in [2.05, 4.69) is 0 Å². The van der Waals surface area contributed by atoms with Gasteiger partial charge in [0.2, 0.25) is 5.78 Å². The number of amides is 1. The van der Waals surface area contributed by atoms with Crippen molar-refractivity contribution in [2.75, 3.05) is 6.54 Å². The van der Waals surface area contributed by atoms with Gasteiger partial charge in [0.1, 0.15) is 5.75 Å². The summed E-state index contributed by atoms with van der Waals surface area (Å²) in [5.74, 6) is -1.73. The van der Waals surface area contributed by atoms with Crippen molar-refractivity contribution in [2.24, 2.45) is 0 Å². The number of carbonyl (C=O) groups is 3. The second-order valence-corrected chi connectivity index (χ2v) is 6.49. The van der Waals surface area contributed by atoms with Crippen LogP contribution >= 0.6 is 0 Å². The first-order valence-corrected chi connectivity index (χ1v) is 9.04. The molecule has 0 saturated carbocycles. The zero-order valence-electron chi connectivity index (χ0n) is 15.7. The van der Waals surface area contributed by atoms with Gasteiger partial charge in [-0.15, -0.1) is 0 Å². The van der Waals surface area contributed by atoms with Crippen molar-refractivity contribution in [1.29, 1.82) is 0 Å². The molecule has 0 spiro atoms. The molecule has 0 fully saturated rings. The molecule has 2 heterocycles. The van der Waals surface area contributed by atoms with Crippen LogP contribution in [0, 0.1) is 0 Å². The van der Waals surface area contributed by atoms with Crippen molar-refractivity contribution in [3.05, 3.63) is 65.3 Å². The van der Waals surface area contributed by atoms with Gasteiger partial charge < -0.3 is 19.2 Å². The standard InChI is InChI=1S/C21H21NO6/c1-3-4-11-22-18(14-7-9-15(10-8-14)28-13(2)23)17(20(25)21(22)26)19(24)16-6-5-12-27-16/h5-10,12,18,25H,3-4,11H2,1-2H3. The SMILES string of the molecule is CCCCN1C(=O)C(O)=C(C(=O)c2ccco2)C1c1ccc(OC(C)=O)cc1. The van der Waals surface area contributed by atoms with Crippen molar-refractivity contribution >= 4 is 17.7 Å². The largest absolute Gasteiger partial charge is 0.503 e. The van der Waals surface area contributed by atoms with Gasteiger partial charge in [-0.2, -0.15) is 0 Å². The molecule has 1 N–H and O–H groups in total. The Balaban J connectivity index is 2.01. The highest BCUT2D eigenvalue weighted by atomic mass is 16.5. The smallest absolute Gasteiger partial charge is 0.308 e. The van der Waals surface area contributed by atoms with E-state index in [1.54, 1.807) is 30.3 Å². The summed E-state index contributed by atoms with van der Waals surface area (Å²) in [5.41, 5.74) is 0.607. The molecule has 7 heteroatoms. The summed E-state index contributed by atoms with van der Waals surface area (Å²) in [5, 5.41) is 10.5. The van der Waals surface area contributed by atoms with Gasteiger partial charge in [-0.05, 0) is 36.2 Å². The fraction of sp³-hybridized carbons (Fsp3) is 0.286. The molecule has 7 nitrogen and oxygen atoms in total. The number of nitrogens with zero attached hydrogens (tertiary/aromatic N) is 1. The summed E-state index contributed by atoms with van der Waals surface area (Å²) in [7, 11) is 0. The molecule has 1 atom stereocenters. The van der Waals surface area contributed by atoms with Gasteiger partial charge >= 0.3 is 5.97 Å². The highest BCUT2D eigenvalue weighted by Crippen LogP contribution is 2.39. The third kappa shape index (κ3) is 3.69. The van der Waals surface area contributed by atoms with E-state index >= 15 is 0 Å². The summed E-state index contributed by atoms with van der Waals surface area (Å²) in [6, 6.07) is 8.82. The van der Waals surface area contributed by atoms with E-state index in [9.17, 15) is 19.5 Å². The number of aliphatic hydroxyl groups excluding tert-OH is 1. The first kappa shape index (κ1) is 19.4. The normalized spacial score (nSPS) is 16.6. The van der Waals surface area contributed by atoms with E-state index in [-0.39, 0.29) is 11.3 Å². The predicted molar refractivity (Wildman–Crippen MR) is 99.8 cm³/mol. The van der Waals surface area contributed by atoms with E-state index in [1.165, 1.54) is 24.2 Å². The molecule has 0 bridgehead atoms. The molecule has 1 aromatic heterocycles. The quantitative estimate of drug-likeness (QED) is 0.446. The van der Waals surface area contributed by atoms with Crippen LogP contribution in [0.5, 0.6) is 5.75 Å². The summed E-state index contributed by atoms with van der Waals surface area (Å²) < 4.78 is 10.2. The van der Waals surface area contributed by atoms with Crippen LogP contribution in [0.3, 0.4) is 0 Å². The van der Waals surface area contributed by atoms with Crippen LogP contribution in [0.2, 0.25) is 0 Å². The molecular formula is C21H21NO6. The number of hydrogen-bond donors (Lipinski definition) is 1. The number of ether oxygens (including phenoxy) is 1. The maximum absolute atomic E-state index is 12.9. The molecule has 1 amide bonds. The lowest BCUT2D eigenvalue weighted by molar-refractivity contribution is -0.132. The lowest BCUT2D eigenvalue weighted by atomic mass is 9.95. The Kier molecular flexibility index (Phi) is 5.63. The molecular weight excluding hydrogens is 362 g/mol. The van der Waals surface area contributed by atoms with Gasteiger partial charge in [-0.1, -0.05) is 25.5 Å². The van der Waals surface area contributed by atoms with Crippen molar-refractivity contribution in [3.8, 4) is 5.75 Å². The van der Waals surface area contributed by atoms with Crippen LogP contribution in [0.25, 0.3) is 0 Å². The molecule has 28 heavy (non-hydrogen) atoms. The average molecular weight is 383 g/mol. The number of furan rings is 1. The maximum atomic E-state index is 12.9. The number of ketones is 1. The summed E-state index contributed by atoms with van der Waals surface area (Å²) in [6.45, 7) is 3.69. The van der Waals surface area contributed by atoms with Crippen LogP contribution in [-0.2, 0) is 9.59 Å². The Morgan fingerprint density at radius 2 is 1.93 bits per heavy atom. The van der Waals surface area contributed by atoms with E-state index in [0.717, 1.165) is 12.8 Å². The van der Waals surface area contributed by atoms with Crippen LogP contribution in [0.1, 0.15) is 48.8 Å². The monoisotopic (exact) mass is 383 g/mol. The topological polar surface area (TPSA) is 97.1 Å². The average Bonchev–Trinajstić information content (AvgIpc) is 3.28. The molecule has 1 aromatic carbocycles. The summed E-state index contributed by atoms with van der Waals surface area (Å²) in [4.78, 5) is 38.2. The highest BCUT2D eigenvalue weighted by molar-refractivity contribution is 6.15. The first-order valence-electron chi connectivity index (χ1n) is 9.04. The number of Topliss-reactive ketones (excluding diaryl/α,β-unsaturated/α-hetero) is 1. The molecule has 3 rings (SSSR count). The minimum absolute atomic E-state index is 0.0173. The molecule has 1 unspecified atom stereocenters. The lowest BCUT2D eigenvalue weighted by Crippen LogP contribution is -2.32. The number of unbranched alkanes of at least 4 members (excludes halogenated alkanes) is 1. The minimum atomic E-state index is -0.747. The first-order chi connectivity index (χ1) is 13.4. The third-order valence-electron chi connectivity index (χ3n) is 4.50. The molecule has 0 radical (unpaired) electrons. The molecule has 146 valence electrons. The van der Waals surface area contributed by atoms with Crippen LogP contribution in [0.15, 0.2) is 58.4 Å². The summed E-state index contributed by atoms with van der Waals surface area (Å²) in [6.07, 6.45) is 2.94. The van der Waals surface area contributed by atoms with Gasteiger partial charge in [-0.3, -0.25) is 14.4 Å². The highest BCUT2D eigenvalue weighted by Gasteiger charge is 2.44. The second-order valence-electron chi connectivity index (χ2n) is 6.49. The number of benzene rings is 1. The Labute approximate surface area is 162 Å². The number of rotatable bonds is 7. The van der Waals surface area contributed by atoms with Gasteiger partial charge in [0.05, 0.1) is 17.9 Å². The Morgan fingerprint density at radius 3 is 2.50 bits per heavy atom. The minimum Gasteiger partial charge on any atom is -0.503 e. The second kappa shape index (κ2) is 8.12. The van der Waals surface area contributed by atoms with Crippen LogP contribution in [-0.4, -0.2) is 34.2 Å². The number of aliphatic hydroxyl groups is 1. The zero-order chi connectivity index (χ0) is 20.3. The molecule has 0 aliphatic carbocycles. The number of hydrogen-bond acceptors (Lipinski definition) is 6. The zero-order valence-corrected chi connectivity index (χ0v) is 15.7. The number of esters is 1. The van der Waals surface area contributed by atoms with E-state index in [4.69, 9.17) is 9.15 Å². The summed E-state index contributed by atoms with van der Waals surface area (Å²) >= 11 is 0. The Hall–Kier alpha value is -3.35. The van der Waals surface area contributed by atoms with Crippen molar-refractivity contribution in [2.45, 2.75) is 32.7 Å². The van der Waals surface area contributed by atoms with Gasteiger partial charge in [0.15, 0.2) is 11.5 Å². The van der Waals surface area contributed by atoms with E-state index in [1.807, 2.05) is 6.92 Å². The lowest BCUT2D eigenvalue weighted by Gasteiger charge is -2.26. The van der Waals surface area contributed by atoms with Gasteiger partial charge in [0.25, 0.3) is 5.91 Å². The third-order valence-corrected chi connectivity index (χ3v) is 4.50. The maximum Gasteiger partial charge on any atom is 0.308 e. The van der Waals surface area contributed by atoms with E-state index in [0.29, 0.717) is 17.9 Å². The van der Waals surface area contributed by atoms with Crippen molar-refractivity contribution < 1.29 is 28.6 Å². The molecule has 1 aliphatic heterocycles. The predicted octanol–water partition coefficient (Wildman–Crippen LogP) is 3.58.